The summed E-state index contributed by atoms with van der Waals surface area (Å²) in [6.07, 6.45) is 3.67. The Morgan fingerprint density at radius 2 is 1.82 bits per heavy atom. The van der Waals surface area contributed by atoms with Gasteiger partial charge in [0.15, 0.2) is 17.6 Å². The van der Waals surface area contributed by atoms with E-state index in [9.17, 15) is 4.79 Å². The molecule has 3 aromatic rings. The van der Waals surface area contributed by atoms with E-state index in [1.807, 2.05) is 60.8 Å². The van der Waals surface area contributed by atoms with Crippen LogP contribution in [0.1, 0.15) is 27.2 Å². The van der Waals surface area contributed by atoms with E-state index < -0.39 is 6.10 Å². The van der Waals surface area contributed by atoms with Crippen LogP contribution >= 0.6 is 0 Å². The van der Waals surface area contributed by atoms with Crippen molar-refractivity contribution in [2.45, 2.75) is 33.3 Å². The number of hydrogen-bond acceptors (Lipinski definition) is 5. The molecular weight excluding hydrogens is 416 g/mol. The minimum Gasteiger partial charge on any atom is -0.493 e. The number of benzene rings is 2. The van der Waals surface area contributed by atoms with Crippen molar-refractivity contribution in [2.24, 2.45) is 5.41 Å². The van der Waals surface area contributed by atoms with Crippen molar-refractivity contribution >= 4 is 11.6 Å². The summed E-state index contributed by atoms with van der Waals surface area (Å²) in [4.78, 5) is 19.0. The van der Waals surface area contributed by atoms with Crippen LogP contribution in [0, 0.1) is 5.41 Å². The molecule has 0 aliphatic carbocycles. The summed E-state index contributed by atoms with van der Waals surface area (Å²) in [5.74, 6) is 1.90. The first-order chi connectivity index (χ1) is 15.8. The van der Waals surface area contributed by atoms with Gasteiger partial charge in [-0.2, -0.15) is 0 Å². The van der Waals surface area contributed by atoms with Crippen molar-refractivity contribution in [1.29, 1.82) is 0 Å². The normalized spacial score (nSPS) is 16.1. The number of methoxy groups -OCH3 is 1. The van der Waals surface area contributed by atoms with Gasteiger partial charge in [-0.3, -0.25) is 9.78 Å². The lowest BCUT2D eigenvalue weighted by molar-refractivity contribution is -0.122. The minimum absolute atomic E-state index is 0.0371. The predicted molar refractivity (Wildman–Crippen MR) is 129 cm³/mol. The third-order valence-corrected chi connectivity index (χ3v) is 5.40. The molecule has 1 saturated heterocycles. The molecule has 1 amide bonds. The van der Waals surface area contributed by atoms with Gasteiger partial charge in [0.2, 0.25) is 0 Å². The first-order valence-corrected chi connectivity index (χ1v) is 11.1. The number of amides is 1. The molecule has 0 N–H and O–H groups in total. The average molecular weight is 447 g/mol. The second-order valence-electron chi connectivity index (χ2n) is 9.34. The van der Waals surface area contributed by atoms with Gasteiger partial charge in [-0.05, 0) is 46.9 Å². The maximum Gasteiger partial charge on any atom is 0.268 e. The Bertz CT molecular complexity index is 1090. The number of aromatic nitrogens is 1. The van der Waals surface area contributed by atoms with Crippen LogP contribution in [0.2, 0.25) is 0 Å². The first-order valence-electron chi connectivity index (χ1n) is 11.1. The van der Waals surface area contributed by atoms with Crippen LogP contribution in [-0.4, -0.2) is 37.3 Å². The molecule has 0 bridgehead atoms. The fourth-order valence-corrected chi connectivity index (χ4v) is 3.68. The van der Waals surface area contributed by atoms with Crippen molar-refractivity contribution in [2.75, 3.05) is 25.2 Å². The van der Waals surface area contributed by atoms with Crippen molar-refractivity contribution in [3.63, 3.8) is 0 Å². The summed E-state index contributed by atoms with van der Waals surface area (Å²) in [6.45, 7) is 7.50. The van der Waals surface area contributed by atoms with Gasteiger partial charge in [-0.1, -0.05) is 39.0 Å². The molecule has 0 spiro atoms. The fourth-order valence-electron chi connectivity index (χ4n) is 3.68. The van der Waals surface area contributed by atoms with Crippen LogP contribution in [0.3, 0.4) is 0 Å². The van der Waals surface area contributed by atoms with Gasteiger partial charge in [0.25, 0.3) is 5.91 Å². The number of hydrogen-bond donors (Lipinski definition) is 0. The molecule has 1 aliphatic heterocycles. The quantitative estimate of drug-likeness (QED) is 0.489. The van der Waals surface area contributed by atoms with E-state index in [2.05, 4.69) is 25.8 Å². The number of anilines is 1. The van der Waals surface area contributed by atoms with Gasteiger partial charge in [0.05, 0.1) is 13.7 Å². The molecule has 6 heteroatoms. The van der Waals surface area contributed by atoms with Crippen molar-refractivity contribution in [1.82, 2.24) is 4.98 Å². The minimum atomic E-state index is -0.517. The van der Waals surface area contributed by atoms with E-state index in [0.29, 0.717) is 36.8 Å². The molecule has 0 saturated carbocycles. The Hall–Kier alpha value is -3.54. The molecular formula is C27H30N2O4. The van der Waals surface area contributed by atoms with Gasteiger partial charge >= 0.3 is 0 Å². The molecule has 2 aromatic carbocycles. The van der Waals surface area contributed by atoms with E-state index in [-0.39, 0.29) is 11.3 Å². The highest BCUT2D eigenvalue weighted by Crippen LogP contribution is 2.35. The van der Waals surface area contributed by atoms with E-state index in [1.165, 1.54) is 0 Å². The Kier molecular flexibility index (Phi) is 6.54. The molecule has 4 rings (SSSR count). The lowest BCUT2D eigenvalue weighted by atomic mass is 9.99. The number of pyridine rings is 1. The number of carbonyl (C=O) groups excluding carboxylic acids is 1. The second-order valence-corrected chi connectivity index (χ2v) is 9.34. The number of ether oxygens (including phenoxy) is 3. The third kappa shape index (κ3) is 5.45. The Balaban J connectivity index is 1.42. The van der Waals surface area contributed by atoms with Crippen LogP contribution in [0.15, 0.2) is 67.0 Å². The molecule has 172 valence electrons. The standard InChI is InChI=1S/C27H30N2O4/c1-27(2,3)18-32-23-12-9-21(16-25(23)31-4)29-15-13-24(26(29)30)33-22-10-7-19(8-11-22)20-6-5-14-28-17-20/h5-12,14,16-17,24H,13,15,18H2,1-4H3. The van der Waals surface area contributed by atoms with E-state index >= 15 is 0 Å². The van der Waals surface area contributed by atoms with Crippen LogP contribution in [-0.2, 0) is 4.79 Å². The molecule has 2 heterocycles. The SMILES string of the molecule is COc1cc(N2CCC(Oc3ccc(-c4cccnc4)cc3)C2=O)ccc1OCC(C)(C)C. The Morgan fingerprint density at radius 1 is 1.03 bits per heavy atom. The zero-order chi connectivity index (χ0) is 23.4. The topological polar surface area (TPSA) is 60.9 Å². The Labute approximate surface area is 195 Å². The molecule has 1 fully saturated rings. The van der Waals surface area contributed by atoms with Gasteiger partial charge in [0.1, 0.15) is 5.75 Å². The summed E-state index contributed by atoms with van der Waals surface area (Å²) >= 11 is 0. The molecule has 1 unspecified atom stereocenters. The summed E-state index contributed by atoms with van der Waals surface area (Å²) in [6, 6.07) is 17.3. The number of carbonyl (C=O) groups is 1. The maximum absolute atomic E-state index is 13.1. The van der Waals surface area contributed by atoms with Gasteiger partial charge in [-0.25, -0.2) is 0 Å². The van der Waals surface area contributed by atoms with E-state index in [0.717, 1.165) is 16.8 Å². The predicted octanol–water partition coefficient (Wildman–Crippen LogP) is 5.37. The fraction of sp³-hybridized carbons (Fsp3) is 0.333. The molecule has 1 aromatic heterocycles. The zero-order valence-corrected chi connectivity index (χ0v) is 19.6. The Morgan fingerprint density at radius 3 is 2.48 bits per heavy atom. The maximum atomic E-state index is 13.1. The van der Waals surface area contributed by atoms with Crippen LogP contribution in [0.25, 0.3) is 11.1 Å². The average Bonchev–Trinajstić information content (AvgIpc) is 3.18. The lowest BCUT2D eigenvalue weighted by Gasteiger charge is -2.22. The summed E-state index contributed by atoms with van der Waals surface area (Å²) in [5, 5.41) is 0. The van der Waals surface area contributed by atoms with Crippen molar-refractivity contribution in [3.8, 4) is 28.4 Å². The highest BCUT2D eigenvalue weighted by molar-refractivity contribution is 5.99. The molecule has 0 radical (unpaired) electrons. The first kappa shape index (κ1) is 22.6. The van der Waals surface area contributed by atoms with Crippen LogP contribution in [0.4, 0.5) is 5.69 Å². The van der Waals surface area contributed by atoms with Crippen LogP contribution < -0.4 is 19.1 Å². The summed E-state index contributed by atoms with van der Waals surface area (Å²) in [7, 11) is 1.61. The zero-order valence-electron chi connectivity index (χ0n) is 19.6. The molecule has 1 atom stereocenters. The van der Waals surface area contributed by atoms with Gasteiger partial charge in [0, 0.05) is 37.1 Å². The number of nitrogens with zero attached hydrogens (tertiary/aromatic N) is 2. The molecule has 6 nitrogen and oxygen atoms in total. The van der Waals surface area contributed by atoms with Gasteiger partial charge in [-0.15, -0.1) is 0 Å². The van der Waals surface area contributed by atoms with Crippen molar-refractivity contribution < 1.29 is 19.0 Å². The smallest absolute Gasteiger partial charge is 0.268 e. The molecule has 33 heavy (non-hydrogen) atoms. The summed E-state index contributed by atoms with van der Waals surface area (Å²) in [5.41, 5.74) is 2.90. The highest BCUT2D eigenvalue weighted by Gasteiger charge is 2.34. The second kappa shape index (κ2) is 9.53. The van der Waals surface area contributed by atoms with Crippen molar-refractivity contribution in [3.05, 3.63) is 67.0 Å². The monoisotopic (exact) mass is 446 g/mol. The molecule has 1 aliphatic rings. The van der Waals surface area contributed by atoms with Crippen LogP contribution in [0.5, 0.6) is 17.2 Å². The highest BCUT2D eigenvalue weighted by atomic mass is 16.5. The lowest BCUT2D eigenvalue weighted by Crippen LogP contribution is -2.32. The van der Waals surface area contributed by atoms with E-state index in [4.69, 9.17) is 14.2 Å². The largest absolute Gasteiger partial charge is 0.493 e. The van der Waals surface area contributed by atoms with Gasteiger partial charge < -0.3 is 19.1 Å². The third-order valence-electron chi connectivity index (χ3n) is 5.40. The summed E-state index contributed by atoms with van der Waals surface area (Å²) < 4.78 is 17.5. The van der Waals surface area contributed by atoms with E-state index in [1.54, 1.807) is 18.2 Å². The number of rotatable bonds is 7.